The first-order chi connectivity index (χ1) is 10.2. The molecule has 2 atom stereocenters. The third-order valence-electron chi connectivity index (χ3n) is 3.20. The van der Waals surface area contributed by atoms with E-state index in [0.29, 0.717) is 11.3 Å². The van der Waals surface area contributed by atoms with Gasteiger partial charge in [0.05, 0.1) is 14.2 Å². The number of nitrogens with one attached hydrogen (secondary N) is 1. The Morgan fingerprint density at radius 3 is 2.09 bits per heavy atom. The van der Waals surface area contributed by atoms with Crippen LogP contribution in [0.15, 0.2) is 24.3 Å². The van der Waals surface area contributed by atoms with Crippen LogP contribution < -0.4 is 10.1 Å². The average molecular weight is 309 g/mol. The molecular formula is C16H23NO5. The molecule has 0 bridgehead atoms. The highest BCUT2D eigenvalue weighted by Gasteiger charge is 2.33. The molecule has 6 heteroatoms. The van der Waals surface area contributed by atoms with E-state index in [2.05, 4.69) is 10.1 Å². The van der Waals surface area contributed by atoms with Gasteiger partial charge in [-0.3, -0.25) is 4.79 Å². The fourth-order valence-electron chi connectivity index (χ4n) is 1.75. The maximum Gasteiger partial charge on any atom is 0.331 e. The first-order valence-electron chi connectivity index (χ1n) is 6.91. The van der Waals surface area contributed by atoms with Gasteiger partial charge in [0.1, 0.15) is 11.9 Å². The minimum atomic E-state index is -1.22. The van der Waals surface area contributed by atoms with E-state index in [1.165, 1.54) is 14.2 Å². The molecule has 0 radical (unpaired) electrons. The molecule has 2 unspecified atom stereocenters. The summed E-state index contributed by atoms with van der Waals surface area (Å²) in [6.07, 6.45) is -1.22. The normalized spacial score (nSPS) is 13.9. The number of aliphatic hydroxyl groups is 1. The Labute approximate surface area is 130 Å². The second-order valence-electron chi connectivity index (χ2n) is 5.94. The number of carbonyl (C=O) groups excluding carboxylic acids is 2. The van der Waals surface area contributed by atoms with Crippen molar-refractivity contribution in [3.63, 3.8) is 0 Å². The van der Waals surface area contributed by atoms with Crippen LogP contribution in [0, 0.1) is 5.41 Å². The molecule has 1 amide bonds. The van der Waals surface area contributed by atoms with Gasteiger partial charge < -0.3 is 19.9 Å². The minimum absolute atomic E-state index is 0.351. The number of amides is 1. The van der Waals surface area contributed by atoms with Crippen LogP contribution in [-0.2, 0) is 14.3 Å². The highest BCUT2D eigenvalue weighted by molar-refractivity contribution is 5.87. The quantitative estimate of drug-likeness (QED) is 0.804. The van der Waals surface area contributed by atoms with Gasteiger partial charge in [-0.2, -0.15) is 0 Å². The van der Waals surface area contributed by atoms with Crippen LogP contribution in [0.2, 0.25) is 0 Å². The van der Waals surface area contributed by atoms with E-state index in [9.17, 15) is 14.7 Å². The zero-order valence-corrected chi connectivity index (χ0v) is 13.5. The average Bonchev–Trinajstić information content (AvgIpc) is 2.50. The lowest BCUT2D eigenvalue weighted by molar-refractivity contribution is -0.149. The van der Waals surface area contributed by atoms with Crippen LogP contribution in [0.4, 0.5) is 0 Å². The number of aliphatic hydroxyl groups excluding tert-OH is 1. The van der Waals surface area contributed by atoms with Gasteiger partial charge in [-0.1, -0.05) is 32.9 Å². The molecule has 6 nitrogen and oxygen atoms in total. The fourth-order valence-corrected chi connectivity index (χ4v) is 1.75. The summed E-state index contributed by atoms with van der Waals surface area (Å²) < 4.78 is 9.72. The standard InChI is InChI=1S/C16H23NO5/c1-16(2,3)15(20)17-12(14(19)22-5)13(18)10-6-8-11(21-4)9-7-10/h6-9,12-13,18H,1-5H3,(H,17,20). The molecule has 0 spiro atoms. The minimum Gasteiger partial charge on any atom is -0.497 e. The Morgan fingerprint density at radius 2 is 1.68 bits per heavy atom. The second kappa shape index (κ2) is 7.26. The molecule has 0 saturated heterocycles. The van der Waals surface area contributed by atoms with Crippen molar-refractivity contribution < 1.29 is 24.2 Å². The number of carbonyl (C=O) groups is 2. The van der Waals surface area contributed by atoms with Gasteiger partial charge >= 0.3 is 5.97 Å². The number of esters is 1. The SMILES string of the molecule is COC(=O)C(NC(=O)C(C)(C)C)C(O)c1ccc(OC)cc1. The lowest BCUT2D eigenvalue weighted by atomic mass is 9.94. The van der Waals surface area contributed by atoms with Gasteiger partial charge in [0.25, 0.3) is 0 Å². The number of hydrogen-bond acceptors (Lipinski definition) is 5. The Balaban J connectivity index is 2.99. The van der Waals surface area contributed by atoms with E-state index in [-0.39, 0.29) is 5.91 Å². The highest BCUT2D eigenvalue weighted by Crippen LogP contribution is 2.22. The first-order valence-corrected chi connectivity index (χ1v) is 6.91. The summed E-state index contributed by atoms with van der Waals surface area (Å²) in [6, 6.07) is 5.41. The third kappa shape index (κ3) is 4.46. The van der Waals surface area contributed by atoms with E-state index in [4.69, 9.17) is 4.74 Å². The molecule has 1 aromatic carbocycles. The Kier molecular flexibility index (Phi) is 5.93. The fraction of sp³-hybridized carbons (Fsp3) is 0.500. The molecule has 0 aliphatic rings. The first kappa shape index (κ1) is 18.0. The molecule has 122 valence electrons. The molecule has 0 aliphatic heterocycles. The van der Waals surface area contributed by atoms with Gasteiger partial charge in [-0.15, -0.1) is 0 Å². The topological polar surface area (TPSA) is 84.9 Å². The molecule has 0 aromatic heterocycles. The Morgan fingerprint density at radius 1 is 1.14 bits per heavy atom. The molecular weight excluding hydrogens is 286 g/mol. The number of benzene rings is 1. The van der Waals surface area contributed by atoms with Crippen molar-refractivity contribution in [1.29, 1.82) is 0 Å². The van der Waals surface area contributed by atoms with Gasteiger partial charge in [0.15, 0.2) is 6.04 Å². The van der Waals surface area contributed by atoms with E-state index in [1.807, 2.05) is 0 Å². The summed E-state index contributed by atoms with van der Waals surface area (Å²) in [6.45, 7) is 5.16. The molecule has 0 fully saturated rings. The summed E-state index contributed by atoms with van der Waals surface area (Å²) >= 11 is 0. The van der Waals surface area contributed by atoms with Crippen LogP contribution in [-0.4, -0.2) is 37.2 Å². The Bertz CT molecular complexity index is 518. The van der Waals surface area contributed by atoms with Crippen molar-refractivity contribution in [2.24, 2.45) is 5.41 Å². The van der Waals surface area contributed by atoms with E-state index < -0.39 is 23.5 Å². The molecule has 1 rings (SSSR count). The number of ether oxygens (including phenoxy) is 2. The third-order valence-corrected chi connectivity index (χ3v) is 3.20. The van der Waals surface area contributed by atoms with Crippen molar-refractivity contribution in [3.8, 4) is 5.75 Å². The van der Waals surface area contributed by atoms with Crippen molar-refractivity contribution >= 4 is 11.9 Å². The Hall–Kier alpha value is -2.08. The molecule has 2 N–H and O–H groups in total. The summed E-state index contributed by atoms with van der Waals surface area (Å²) in [4.78, 5) is 24.0. The second-order valence-corrected chi connectivity index (χ2v) is 5.94. The van der Waals surface area contributed by atoms with Crippen LogP contribution in [0.1, 0.15) is 32.4 Å². The van der Waals surface area contributed by atoms with Gasteiger partial charge in [-0.25, -0.2) is 4.79 Å². The van der Waals surface area contributed by atoms with Crippen molar-refractivity contribution in [2.75, 3.05) is 14.2 Å². The van der Waals surface area contributed by atoms with Crippen LogP contribution in [0.3, 0.4) is 0 Å². The van der Waals surface area contributed by atoms with Gasteiger partial charge in [0.2, 0.25) is 5.91 Å². The molecule has 22 heavy (non-hydrogen) atoms. The van der Waals surface area contributed by atoms with E-state index in [1.54, 1.807) is 45.0 Å². The lowest BCUT2D eigenvalue weighted by Gasteiger charge is -2.26. The van der Waals surface area contributed by atoms with Crippen LogP contribution in [0.5, 0.6) is 5.75 Å². The maximum atomic E-state index is 12.1. The lowest BCUT2D eigenvalue weighted by Crippen LogP contribution is -2.49. The van der Waals surface area contributed by atoms with E-state index >= 15 is 0 Å². The molecule has 0 saturated carbocycles. The smallest absolute Gasteiger partial charge is 0.331 e. The van der Waals surface area contributed by atoms with Gasteiger partial charge in [-0.05, 0) is 17.7 Å². The number of hydrogen-bond donors (Lipinski definition) is 2. The number of methoxy groups -OCH3 is 2. The largest absolute Gasteiger partial charge is 0.497 e. The van der Waals surface area contributed by atoms with E-state index in [0.717, 1.165) is 0 Å². The highest BCUT2D eigenvalue weighted by atomic mass is 16.5. The van der Waals surface area contributed by atoms with Crippen LogP contribution >= 0.6 is 0 Å². The predicted molar refractivity (Wildman–Crippen MR) is 81.4 cm³/mol. The van der Waals surface area contributed by atoms with Gasteiger partial charge in [0, 0.05) is 5.41 Å². The van der Waals surface area contributed by atoms with Crippen molar-refractivity contribution in [1.82, 2.24) is 5.32 Å². The zero-order chi connectivity index (χ0) is 16.9. The zero-order valence-electron chi connectivity index (χ0n) is 13.5. The molecule has 0 aliphatic carbocycles. The van der Waals surface area contributed by atoms with Crippen molar-refractivity contribution in [2.45, 2.75) is 32.9 Å². The summed E-state index contributed by atoms with van der Waals surface area (Å²) in [7, 11) is 2.74. The number of rotatable bonds is 5. The summed E-state index contributed by atoms with van der Waals surface area (Å²) in [5.41, 5.74) is -0.211. The molecule has 0 heterocycles. The van der Waals surface area contributed by atoms with Crippen molar-refractivity contribution in [3.05, 3.63) is 29.8 Å². The summed E-state index contributed by atoms with van der Waals surface area (Å²) in [5.74, 6) is -0.430. The summed E-state index contributed by atoms with van der Waals surface area (Å²) in [5, 5.41) is 12.9. The monoisotopic (exact) mass is 309 g/mol. The predicted octanol–water partition coefficient (Wildman–Crippen LogP) is 1.43. The maximum absolute atomic E-state index is 12.1. The molecule has 1 aromatic rings. The van der Waals surface area contributed by atoms with Crippen LogP contribution in [0.25, 0.3) is 0 Å².